The minimum absolute atomic E-state index is 0.302. The first kappa shape index (κ1) is 12.7. The van der Waals surface area contributed by atoms with Gasteiger partial charge in [0.25, 0.3) is 11.8 Å². The Morgan fingerprint density at radius 1 is 1.39 bits per heavy atom. The van der Waals surface area contributed by atoms with Crippen LogP contribution in [0.3, 0.4) is 0 Å². The number of hydrogen-bond acceptors (Lipinski definition) is 4. The Bertz CT molecular complexity index is 612. The van der Waals surface area contributed by atoms with Crippen molar-refractivity contribution in [1.29, 1.82) is 0 Å². The van der Waals surface area contributed by atoms with Crippen LogP contribution in [-0.2, 0) is 0 Å². The molecule has 2 aromatic rings. The van der Waals surface area contributed by atoms with Gasteiger partial charge in [0.2, 0.25) is 0 Å². The summed E-state index contributed by atoms with van der Waals surface area (Å²) in [5.74, 6) is -0.910. The zero-order valence-electron chi connectivity index (χ0n) is 9.01. The third kappa shape index (κ3) is 2.74. The number of thiophene rings is 1. The van der Waals surface area contributed by atoms with Crippen molar-refractivity contribution in [3.05, 3.63) is 45.5 Å². The summed E-state index contributed by atoms with van der Waals surface area (Å²) in [5, 5.41) is 4.76. The maximum atomic E-state index is 11.9. The van der Waals surface area contributed by atoms with Crippen molar-refractivity contribution in [3.8, 4) is 0 Å². The zero-order chi connectivity index (χ0) is 13.1. The summed E-state index contributed by atoms with van der Waals surface area (Å²) in [6.07, 6.45) is 3.02. The highest BCUT2D eigenvalue weighted by atomic mass is 79.9. The van der Waals surface area contributed by atoms with Crippen molar-refractivity contribution >= 4 is 44.1 Å². The average Bonchev–Trinajstić information content (AvgIpc) is 2.77. The summed E-state index contributed by atoms with van der Waals surface area (Å²) in [4.78, 5) is 26.9. The monoisotopic (exact) mass is 325 g/mol. The number of rotatable bonds is 3. The SMILES string of the molecule is NC(=O)c1ccsc1NC(=O)c1cncc(Br)c1. The minimum atomic E-state index is -0.570. The Morgan fingerprint density at radius 2 is 2.17 bits per heavy atom. The number of halogens is 1. The van der Waals surface area contributed by atoms with E-state index < -0.39 is 5.91 Å². The minimum Gasteiger partial charge on any atom is -0.366 e. The van der Waals surface area contributed by atoms with Crippen molar-refractivity contribution in [2.45, 2.75) is 0 Å². The quantitative estimate of drug-likeness (QED) is 0.907. The molecule has 0 atom stereocenters. The van der Waals surface area contributed by atoms with Crippen molar-refractivity contribution in [2.24, 2.45) is 5.73 Å². The van der Waals surface area contributed by atoms with Gasteiger partial charge in [0.15, 0.2) is 0 Å². The van der Waals surface area contributed by atoms with Gasteiger partial charge in [0, 0.05) is 16.9 Å². The van der Waals surface area contributed by atoms with Crippen molar-refractivity contribution < 1.29 is 9.59 Å². The second-order valence-corrected chi connectivity index (χ2v) is 5.21. The van der Waals surface area contributed by atoms with E-state index in [1.807, 2.05) is 0 Å². The second-order valence-electron chi connectivity index (χ2n) is 3.37. The lowest BCUT2D eigenvalue weighted by Gasteiger charge is -2.04. The molecule has 0 spiro atoms. The first-order valence-electron chi connectivity index (χ1n) is 4.87. The molecule has 3 N–H and O–H groups in total. The maximum absolute atomic E-state index is 11.9. The van der Waals surface area contributed by atoms with Crippen molar-refractivity contribution in [2.75, 3.05) is 5.32 Å². The number of carbonyl (C=O) groups excluding carboxylic acids is 2. The number of pyridine rings is 1. The molecule has 0 radical (unpaired) electrons. The summed E-state index contributed by atoms with van der Waals surface area (Å²) in [6, 6.07) is 3.21. The van der Waals surface area contributed by atoms with E-state index in [0.717, 1.165) is 0 Å². The van der Waals surface area contributed by atoms with E-state index in [2.05, 4.69) is 26.2 Å². The van der Waals surface area contributed by atoms with Crippen LogP contribution >= 0.6 is 27.3 Å². The van der Waals surface area contributed by atoms with Crippen LogP contribution < -0.4 is 11.1 Å². The summed E-state index contributed by atoms with van der Waals surface area (Å²) in [6.45, 7) is 0. The molecule has 0 fully saturated rings. The number of carbonyl (C=O) groups is 2. The molecule has 0 aliphatic carbocycles. The average molecular weight is 326 g/mol. The summed E-state index contributed by atoms with van der Waals surface area (Å²) in [5.41, 5.74) is 5.89. The van der Waals surface area contributed by atoms with Gasteiger partial charge >= 0.3 is 0 Å². The Labute approximate surface area is 115 Å². The third-order valence-corrected chi connectivity index (χ3v) is 3.39. The summed E-state index contributed by atoms with van der Waals surface area (Å²) < 4.78 is 0.705. The molecule has 0 aliphatic rings. The largest absolute Gasteiger partial charge is 0.366 e. The fourth-order valence-electron chi connectivity index (χ4n) is 1.31. The molecule has 0 aromatic carbocycles. The van der Waals surface area contributed by atoms with Crippen LogP contribution in [0.25, 0.3) is 0 Å². The van der Waals surface area contributed by atoms with E-state index in [9.17, 15) is 9.59 Å². The number of aromatic nitrogens is 1. The molecule has 2 amide bonds. The third-order valence-electron chi connectivity index (χ3n) is 2.12. The normalized spacial score (nSPS) is 10.1. The first-order chi connectivity index (χ1) is 8.58. The van der Waals surface area contributed by atoms with E-state index in [-0.39, 0.29) is 5.91 Å². The Hall–Kier alpha value is -1.73. The lowest BCUT2D eigenvalue weighted by molar-refractivity contribution is 0.100. The molecule has 18 heavy (non-hydrogen) atoms. The number of primary amides is 1. The molecule has 0 unspecified atom stereocenters. The van der Waals surface area contributed by atoms with Crippen LogP contribution in [0.4, 0.5) is 5.00 Å². The molecule has 7 heteroatoms. The molecule has 0 aliphatic heterocycles. The lowest BCUT2D eigenvalue weighted by Crippen LogP contribution is -2.16. The van der Waals surface area contributed by atoms with E-state index in [1.165, 1.54) is 17.5 Å². The van der Waals surface area contributed by atoms with Crippen molar-refractivity contribution in [3.63, 3.8) is 0 Å². The van der Waals surface area contributed by atoms with Gasteiger partial charge in [-0.2, -0.15) is 0 Å². The number of hydrogen-bond donors (Lipinski definition) is 2. The van der Waals surface area contributed by atoms with Gasteiger partial charge in [-0.3, -0.25) is 14.6 Å². The van der Waals surface area contributed by atoms with Gasteiger partial charge in [-0.1, -0.05) is 0 Å². The Kier molecular flexibility index (Phi) is 3.73. The molecule has 0 bridgehead atoms. The maximum Gasteiger partial charge on any atom is 0.257 e. The lowest BCUT2D eigenvalue weighted by atomic mass is 10.2. The van der Waals surface area contributed by atoms with Gasteiger partial charge in [0.1, 0.15) is 5.00 Å². The van der Waals surface area contributed by atoms with Crippen LogP contribution in [0.1, 0.15) is 20.7 Å². The van der Waals surface area contributed by atoms with Gasteiger partial charge < -0.3 is 11.1 Å². The molecule has 0 saturated carbocycles. The zero-order valence-corrected chi connectivity index (χ0v) is 11.4. The molecule has 92 valence electrons. The van der Waals surface area contributed by atoms with E-state index >= 15 is 0 Å². The second kappa shape index (κ2) is 5.28. The van der Waals surface area contributed by atoms with Crippen molar-refractivity contribution in [1.82, 2.24) is 4.98 Å². The Morgan fingerprint density at radius 3 is 2.83 bits per heavy atom. The molecule has 2 rings (SSSR count). The highest BCUT2D eigenvalue weighted by Gasteiger charge is 2.13. The number of nitrogens with one attached hydrogen (secondary N) is 1. The van der Waals surface area contributed by atoms with Gasteiger partial charge in [-0.15, -0.1) is 11.3 Å². The molecule has 0 saturated heterocycles. The number of amides is 2. The van der Waals surface area contributed by atoms with Crippen LogP contribution in [0.15, 0.2) is 34.4 Å². The number of nitrogens with zero attached hydrogens (tertiary/aromatic N) is 1. The summed E-state index contributed by atoms with van der Waals surface area (Å²) in [7, 11) is 0. The molecular formula is C11H8BrN3O2S. The predicted octanol–water partition coefficient (Wildman–Crippen LogP) is 2.26. The molecule has 2 aromatic heterocycles. The predicted molar refractivity (Wildman–Crippen MR) is 72.7 cm³/mol. The summed E-state index contributed by atoms with van der Waals surface area (Å²) >= 11 is 4.47. The molecule has 5 nitrogen and oxygen atoms in total. The van der Waals surface area contributed by atoms with Crippen LogP contribution in [0.2, 0.25) is 0 Å². The smallest absolute Gasteiger partial charge is 0.257 e. The van der Waals surface area contributed by atoms with Crippen LogP contribution in [0.5, 0.6) is 0 Å². The van der Waals surface area contributed by atoms with E-state index in [1.54, 1.807) is 23.7 Å². The van der Waals surface area contributed by atoms with E-state index in [0.29, 0.717) is 20.6 Å². The first-order valence-corrected chi connectivity index (χ1v) is 6.54. The van der Waals surface area contributed by atoms with Gasteiger partial charge in [-0.25, -0.2) is 0 Å². The van der Waals surface area contributed by atoms with Crippen LogP contribution in [0, 0.1) is 0 Å². The molecule has 2 heterocycles. The number of anilines is 1. The Balaban J connectivity index is 2.21. The molecular weight excluding hydrogens is 318 g/mol. The highest BCUT2D eigenvalue weighted by molar-refractivity contribution is 9.10. The standard InChI is InChI=1S/C11H8BrN3O2S/c12-7-3-6(4-14-5-7)10(17)15-11-8(9(13)16)1-2-18-11/h1-5H,(H2,13,16)(H,15,17). The number of nitrogens with two attached hydrogens (primary N) is 1. The van der Waals surface area contributed by atoms with Gasteiger partial charge in [-0.05, 0) is 33.4 Å². The highest BCUT2D eigenvalue weighted by Crippen LogP contribution is 2.23. The van der Waals surface area contributed by atoms with Crippen LogP contribution in [-0.4, -0.2) is 16.8 Å². The topological polar surface area (TPSA) is 85.1 Å². The van der Waals surface area contributed by atoms with Gasteiger partial charge in [0.05, 0.1) is 11.1 Å². The van der Waals surface area contributed by atoms with E-state index in [4.69, 9.17) is 5.73 Å². The fourth-order valence-corrected chi connectivity index (χ4v) is 2.46. The fraction of sp³-hybridized carbons (Fsp3) is 0.